The number of nitrogens with zero attached hydrogens (tertiary/aromatic N) is 2. The minimum Gasteiger partial charge on any atom is -0.237 e. The molecule has 68 valence electrons. The molecule has 0 bridgehead atoms. The monoisotopic (exact) mass is 166 g/mol. The summed E-state index contributed by atoms with van der Waals surface area (Å²) < 4.78 is 0. The zero-order valence-corrected chi connectivity index (χ0v) is 7.71. The van der Waals surface area contributed by atoms with Crippen LogP contribution in [0, 0.1) is 0 Å². The third kappa shape index (κ3) is 1.99. The maximum Gasteiger partial charge on any atom is 0.0415 e. The van der Waals surface area contributed by atoms with E-state index in [2.05, 4.69) is 10.6 Å². The normalized spacial score (nSPS) is 38.0. The number of hydrogen-bond acceptors (Lipinski definition) is 0. The molecule has 0 amide bonds. The Morgan fingerprint density at radius 2 is 1.17 bits per heavy atom. The summed E-state index contributed by atoms with van der Waals surface area (Å²) >= 11 is 0. The third-order valence-corrected chi connectivity index (χ3v) is 2.99. The topological polar surface area (TPSA) is 28.2 Å². The molecule has 0 aromatic heterocycles. The van der Waals surface area contributed by atoms with Crippen LogP contribution in [0.15, 0.2) is 0 Å². The van der Waals surface area contributed by atoms with Crippen molar-refractivity contribution in [3.05, 3.63) is 0 Å². The lowest BCUT2D eigenvalue weighted by molar-refractivity contribution is 0.263. The molecule has 2 heterocycles. The van der Waals surface area contributed by atoms with Gasteiger partial charge in [0.25, 0.3) is 0 Å². The van der Waals surface area contributed by atoms with Crippen LogP contribution >= 0.6 is 0 Å². The molecule has 2 aliphatic rings. The zero-order valence-electron chi connectivity index (χ0n) is 7.71. The van der Waals surface area contributed by atoms with E-state index < -0.39 is 0 Å². The van der Waals surface area contributed by atoms with E-state index >= 15 is 0 Å². The standard InChI is InChI=1S/C10H18N2/c1-3-7-11-9(5-1)10-6-2-4-8-12-10/h9-10H,1-8H2. The molecule has 0 spiro atoms. The highest BCUT2D eigenvalue weighted by Gasteiger charge is 2.25. The van der Waals surface area contributed by atoms with E-state index in [1.165, 1.54) is 38.5 Å². The summed E-state index contributed by atoms with van der Waals surface area (Å²) in [7, 11) is 0. The van der Waals surface area contributed by atoms with E-state index in [0.29, 0.717) is 12.1 Å². The molecule has 0 aromatic carbocycles. The first-order valence-corrected chi connectivity index (χ1v) is 5.30. The quantitative estimate of drug-likeness (QED) is 0.562. The first-order chi connectivity index (χ1) is 5.97. The van der Waals surface area contributed by atoms with Gasteiger partial charge >= 0.3 is 0 Å². The van der Waals surface area contributed by atoms with Gasteiger partial charge in [0, 0.05) is 25.2 Å². The van der Waals surface area contributed by atoms with Crippen molar-refractivity contribution >= 4 is 0 Å². The smallest absolute Gasteiger partial charge is 0.0415 e. The predicted octanol–water partition coefficient (Wildman–Crippen LogP) is 1.30. The van der Waals surface area contributed by atoms with Gasteiger partial charge in [-0.1, -0.05) is 12.8 Å². The van der Waals surface area contributed by atoms with Crippen molar-refractivity contribution in [2.45, 2.75) is 50.6 Å². The van der Waals surface area contributed by atoms with Gasteiger partial charge in [0.2, 0.25) is 0 Å². The molecular formula is C10H18N2. The van der Waals surface area contributed by atoms with Gasteiger partial charge in [0.1, 0.15) is 0 Å². The fraction of sp³-hybridized carbons (Fsp3) is 1.00. The second-order valence-corrected chi connectivity index (χ2v) is 3.94. The Balaban J connectivity index is 1.80. The average molecular weight is 166 g/mol. The molecule has 0 aromatic rings. The lowest BCUT2D eigenvalue weighted by atomic mass is 9.92. The molecular weight excluding hydrogens is 148 g/mol. The van der Waals surface area contributed by atoms with Crippen LogP contribution in [-0.2, 0) is 0 Å². The van der Waals surface area contributed by atoms with Crippen LogP contribution in [0.5, 0.6) is 0 Å². The molecule has 2 aliphatic heterocycles. The van der Waals surface area contributed by atoms with Gasteiger partial charge in [0.05, 0.1) is 0 Å². The van der Waals surface area contributed by atoms with Gasteiger partial charge < -0.3 is 0 Å². The SMILES string of the molecule is C1CCC(C2CCCC[N]2)[N]C1. The summed E-state index contributed by atoms with van der Waals surface area (Å²) in [6, 6.07) is 1.19. The summed E-state index contributed by atoms with van der Waals surface area (Å²) in [5, 5.41) is 9.32. The average Bonchev–Trinajstić information content (AvgIpc) is 2.21. The molecule has 0 N–H and O–H groups in total. The van der Waals surface area contributed by atoms with Gasteiger partial charge in [-0.05, 0) is 25.7 Å². The molecule has 0 saturated carbocycles. The molecule has 12 heavy (non-hydrogen) atoms. The molecule has 0 aliphatic carbocycles. The van der Waals surface area contributed by atoms with Crippen molar-refractivity contribution < 1.29 is 0 Å². The Kier molecular flexibility index (Phi) is 3.01. The third-order valence-electron chi connectivity index (χ3n) is 2.99. The second kappa shape index (κ2) is 4.24. The lowest BCUT2D eigenvalue weighted by Gasteiger charge is -2.32. The largest absolute Gasteiger partial charge is 0.237 e. The molecule has 2 radical (unpaired) electrons. The highest BCUT2D eigenvalue weighted by atomic mass is 15.0. The van der Waals surface area contributed by atoms with Crippen LogP contribution in [0.1, 0.15) is 38.5 Å². The Hall–Kier alpha value is -0.0800. The molecule has 2 heteroatoms. The van der Waals surface area contributed by atoms with Crippen molar-refractivity contribution in [1.29, 1.82) is 0 Å². The van der Waals surface area contributed by atoms with Gasteiger partial charge in [-0.25, -0.2) is 10.6 Å². The number of hydrogen-bond donors (Lipinski definition) is 0. The summed E-state index contributed by atoms with van der Waals surface area (Å²) in [5.74, 6) is 0. The molecule has 2 rings (SSSR count). The molecule has 2 unspecified atom stereocenters. The molecule has 2 saturated heterocycles. The van der Waals surface area contributed by atoms with E-state index in [9.17, 15) is 0 Å². The van der Waals surface area contributed by atoms with Gasteiger partial charge in [-0.15, -0.1) is 0 Å². The van der Waals surface area contributed by atoms with Crippen LogP contribution in [0.3, 0.4) is 0 Å². The Morgan fingerprint density at radius 3 is 1.50 bits per heavy atom. The van der Waals surface area contributed by atoms with Crippen LogP contribution in [-0.4, -0.2) is 25.2 Å². The maximum atomic E-state index is 4.66. The number of rotatable bonds is 1. The summed E-state index contributed by atoms with van der Waals surface area (Å²) in [6.45, 7) is 2.19. The Bertz CT molecular complexity index is 108. The van der Waals surface area contributed by atoms with Gasteiger partial charge in [-0.2, -0.15) is 0 Å². The minimum absolute atomic E-state index is 0.596. The Morgan fingerprint density at radius 1 is 0.667 bits per heavy atom. The van der Waals surface area contributed by atoms with Crippen LogP contribution < -0.4 is 10.6 Å². The minimum atomic E-state index is 0.596. The van der Waals surface area contributed by atoms with Crippen molar-refractivity contribution in [2.24, 2.45) is 0 Å². The van der Waals surface area contributed by atoms with Crippen LogP contribution in [0.25, 0.3) is 0 Å². The van der Waals surface area contributed by atoms with Gasteiger partial charge in [-0.3, -0.25) is 0 Å². The highest BCUT2D eigenvalue weighted by Crippen LogP contribution is 2.19. The first-order valence-electron chi connectivity index (χ1n) is 5.30. The van der Waals surface area contributed by atoms with E-state index in [4.69, 9.17) is 0 Å². The maximum absolute atomic E-state index is 4.66. The summed E-state index contributed by atoms with van der Waals surface area (Å²) in [6.07, 6.45) is 7.97. The van der Waals surface area contributed by atoms with E-state index in [0.717, 1.165) is 13.1 Å². The van der Waals surface area contributed by atoms with Crippen molar-refractivity contribution in [3.8, 4) is 0 Å². The molecule has 2 atom stereocenters. The molecule has 2 fully saturated rings. The van der Waals surface area contributed by atoms with E-state index in [1.54, 1.807) is 0 Å². The second-order valence-electron chi connectivity index (χ2n) is 3.94. The van der Waals surface area contributed by atoms with E-state index in [-0.39, 0.29) is 0 Å². The zero-order chi connectivity index (χ0) is 8.23. The van der Waals surface area contributed by atoms with Crippen molar-refractivity contribution in [2.75, 3.05) is 13.1 Å². The van der Waals surface area contributed by atoms with E-state index in [1.807, 2.05) is 0 Å². The van der Waals surface area contributed by atoms with Gasteiger partial charge in [0.15, 0.2) is 0 Å². The van der Waals surface area contributed by atoms with Crippen LogP contribution in [0.2, 0.25) is 0 Å². The molecule has 2 nitrogen and oxygen atoms in total. The summed E-state index contributed by atoms with van der Waals surface area (Å²) in [5.41, 5.74) is 0. The fourth-order valence-electron chi connectivity index (χ4n) is 2.26. The lowest BCUT2D eigenvalue weighted by Crippen LogP contribution is -2.45. The van der Waals surface area contributed by atoms with Crippen molar-refractivity contribution in [1.82, 2.24) is 10.6 Å². The first kappa shape index (κ1) is 8.52. The number of piperidine rings is 2. The summed E-state index contributed by atoms with van der Waals surface area (Å²) in [4.78, 5) is 0. The highest BCUT2D eigenvalue weighted by molar-refractivity contribution is 4.86. The van der Waals surface area contributed by atoms with Crippen molar-refractivity contribution in [3.63, 3.8) is 0 Å². The fourth-order valence-corrected chi connectivity index (χ4v) is 2.26. The Labute approximate surface area is 75.1 Å². The predicted molar refractivity (Wildman–Crippen MR) is 49.3 cm³/mol. The van der Waals surface area contributed by atoms with Crippen LogP contribution in [0.4, 0.5) is 0 Å².